The molecular formula is C24H24N4O6S2. The maximum Gasteiger partial charge on any atom is 0.220 e. The molecule has 0 fully saturated rings. The number of benzene rings is 2. The Morgan fingerprint density at radius 1 is 0.806 bits per heavy atom. The number of ether oxygens (including phenoxy) is 2. The molecule has 0 saturated heterocycles. The van der Waals surface area contributed by atoms with Crippen LogP contribution in [-0.4, -0.2) is 31.1 Å². The number of hydrogen-bond donors (Lipinski definition) is 2. The van der Waals surface area contributed by atoms with Crippen molar-refractivity contribution in [1.82, 2.24) is 0 Å². The molecule has 0 unspecified atom stereocenters. The zero-order valence-corrected chi connectivity index (χ0v) is 21.7. The molecular weight excluding hydrogens is 504 g/mol. The molecule has 2 heterocycles. The zero-order chi connectivity index (χ0) is 26.7. The van der Waals surface area contributed by atoms with Crippen LogP contribution in [0, 0.1) is 22.7 Å². The summed E-state index contributed by atoms with van der Waals surface area (Å²) in [7, 11) is -4.58. The lowest BCUT2D eigenvalue weighted by molar-refractivity contribution is 0.413. The van der Waals surface area contributed by atoms with Crippen LogP contribution >= 0.6 is 0 Å². The monoisotopic (exact) mass is 528 g/mol. The maximum absolute atomic E-state index is 12.4. The van der Waals surface area contributed by atoms with E-state index in [-0.39, 0.29) is 19.6 Å². The van der Waals surface area contributed by atoms with Crippen LogP contribution in [0.1, 0.15) is 26.7 Å². The molecule has 2 aromatic rings. The number of nitriles is 2. The van der Waals surface area contributed by atoms with E-state index in [1.807, 2.05) is 6.92 Å². The highest BCUT2D eigenvalue weighted by Crippen LogP contribution is 2.38. The third-order valence-corrected chi connectivity index (χ3v) is 9.06. The van der Waals surface area contributed by atoms with Gasteiger partial charge in [-0.05, 0) is 37.6 Å². The van der Waals surface area contributed by atoms with Gasteiger partial charge in [0.1, 0.15) is 23.6 Å². The first-order chi connectivity index (χ1) is 17.0. The molecule has 0 bridgehead atoms. The summed E-state index contributed by atoms with van der Waals surface area (Å²) in [5.41, 5.74) is 1.75. The molecule has 188 valence electrons. The van der Waals surface area contributed by atoms with Crippen molar-refractivity contribution in [1.29, 1.82) is 10.5 Å². The van der Waals surface area contributed by atoms with Crippen molar-refractivity contribution in [2.75, 3.05) is 24.9 Å². The van der Waals surface area contributed by atoms with Gasteiger partial charge in [-0.3, -0.25) is 0 Å². The standard InChI is InChI=1S/C13H14N2O3S.C11H10N2O3S/c1-3-4-10-13(8-14)19(16,17)12-7-9(18-2)5-6-11(12)15-10;1-7-11(6-12)17(14,15)10-5-8(16-2)3-4-9(10)13-7/h5-7,15H,3-4H2,1-2H3;3-5,13H,1-2H3. The Labute approximate surface area is 210 Å². The number of rotatable bonds is 4. The second-order valence-corrected chi connectivity index (χ2v) is 11.4. The molecule has 2 aliphatic rings. The van der Waals surface area contributed by atoms with Gasteiger partial charge in [0.05, 0.1) is 35.4 Å². The second-order valence-electron chi connectivity index (χ2n) is 7.72. The van der Waals surface area contributed by atoms with Crippen LogP contribution in [0.3, 0.4) is 0 Å². The van der Waals surface area contributed by atoms with Crippen molar-refractivity contribution in [2.45, 2.75) is 36.5 Å². The number of nitrogens with zero attached hydrogens (tertiary/aromatic N) is 2. The second kappa shape index (κ2) is 10.3. The largest absolute Gasteiger partial charge is 0.497 e. The fourth-order valence-corrected chi connectivity index (χ4v) is 6.64. The van der Waals surface area contributed by atoms with E-state index in [0.29, 0.717) is 40.7 Å². The van der Waals surface area contributed by atoms with Crippen LogP contribution in [0.5, 0.6) is 11.5 Å². The smallest absolute Gasteiger partial charge is 0.220 e. The third-order valence-electron chi connectivity index (χ3n) is 5.42. The number of fused-ring (bicyclic) bond motifs is 2. The molecule has 36 heavy (non-hydrogen) atoms. The first kappa shape index (κ1) is 26.6. The molecule has 12 heteroatoms. The Morgan fingerprint density at radius 2 is 1.28 bits per heavy atom. The average molecular weight is 529 g/mol. The summed E-state index contributed by atoms with van der Waals surface area (Å²) >= 11 is 0. The van der Waals surface area contributed by atoms with Crippen molar-refractivity contribution in [3.63, 3.8) is 0 Å². The lowest BCUT2D eigenvalue weighted by atomic mass is 10.2. The van der Waals surface area contributed by atoms with Gasteiger partial charge in [-0.1, -0.05) is 13.3 Å². The SMILES string of the molecule is CCCC1=C(C#N)S(=O)(=O)c2cc(OC)ccc2N1.COc1ccc2c(c1)S(=O)(=O)C(C#N)=C(C)N2. The minimum atomic E-state index is -3.76. The van der Waals surface area contributed by atoms with E-state index in [0.717, 1.165) is 6.42 Å². The van der Waals surface area contributed by atoms with Gasteiger partial charge in [0, 0.05) is 23.5 Å². The van der Waals surface area contributed by atoms with Gasteiger partial charge in [-0.15, -0.1) is 0 Å². The summed E-state index contributed by atoms with van der Waals surface area (Å²) in [6.07, 6.45) is 1.28. The molecule has 0 saturated carbocycles. The molecule has 0 aromatic heterocycles. The summed E-state index contributed by atoms with van der Waals surface area (Å²) in [4.78, 5) is -0.296. The molecule has 10 nitrogen and oxygen atoms in total. The molecule has 2 N–H and O–H groups in total. The molecule has 4 rings (SSSR count). The summed E-state index contributed by atoms with van der Waals surface area (Å²) < 4.78 is 59.1. The predicted octanol–water partition coefficient (Wildman–Crippen LogP) is 4.08. The van der Waals surface area contributed by atoms with Gasteiger partial charge >= 0.3 is 0 Å². The van der Waals surface area contributed by atoms with Crippen LogP contribution < -0.4 is 20.1 Å². The van der Waals surface area contributed by atoms with Gasteiger partial charge in [0.2, 0.25) is 19.7 Å². The van der Waals surface area contributed by atoms with Crippen LogP contribution in [0.4, 0.5) is 11.4 Å². The minimum absolute atomic E-state index is 0.0685. The first-order valence-corrected chi connectivity index (χ1v) is 13.7. The van der Waals surface area contributed by atoms with E-state index in [1.165, 1.54) is 26.4 Å². The summed E-state index contributed by atoms with van der Waals surface area (Å²) in [6, 6.07) is 12.9. The van der Waals surface area contributed by atoms with Gasteiger partial charge < -0.3 is 20.1 Å². The molecule has 0 spiro atoms. The van der Waals surface area contributed by atoms with Gasteiger partial charge in [0.25, 0.3) is 0 Å². The van der Waals surface area contributed by atoms with Gasteiger partial charge in [-0.25, -0.2) is 16.8 Å². The third kappa shape index (κ3) is 4.73. The van der Waals surface area contributed by atoms with Crippen molar-refractivity contribution in [2.24, 2.45) is 0 Å². The topological polar surface area (TPSA) is 158 Å². The molecule has 0 atom stereocenters. The number of anilines is 2. The Kier molecular flexibility index (Phi) is 7.62. The normalized spacial score (nSPS) is 16.5. The van der Waals surface area contributed by atoms with E-state index in [1.54, 1.807) is 43.3 Å². The van der Waals surface area contributed by atoms with E-state index in [9.17, 15) is 16.8 Å². The highest BCUT2D eigenvalue weighted by atomic mass is 32.2. The van der Waals surface area contributed by atoms with Crippen molar-refractivity contribution >= 4 is 31.0 Å². The van der Waals surface area contributed by atoms with E-state index in [2.05, 4.69) is 10.6 Å². The van der Waals surface area contributed by atoms with Gasteiger partial charge in [0.15, 0.2) is 9.81 Å². The molecule has 0 amide bonds. The molecule has 2 aromatic carbocycles. The van der Waals surface area contributed by atoms with E-state index < -0.39 is 19.7 Å². The minimum Gasteiger partial charge on any atom is -0.497 e. The number of hydrogen-bond acceptors (Lipinski definition) is 10. The number of allylic oxidation sites excluding steroid dienone is 4. The van der Waals surface area contributed by atoms with E-state index in [4.69, 9.17) is 20.0 Å². The van der Waals surface area contributed by atoms with Crippen LogP contribution in [0.25, 0.3) is 0 Å². The summed E-state index contributed by atoms with van der Waals surface area (Å²) in [5, 5.41) is 23.9. The fourth-order valence-electron chi connectivity index (χ4n) is 3.67. The molecule has 2 aliphatic heterocycles. The average Bonchev–Trinajstić information content (AvgIpc) is 2.84. The number of nitrogens with one attached hydrogen (secondary N) is 2. The Hall–Kier alpha value is -4.00. The molecule has 0 aliphatic carbocycles. The quantitative estimate of drug-likeness (QED) is 0.592. The predicted molar refractivity (Wildman–Crippen MR) is 133 cm³/mol. The first-order valence-electron chi connectivity index (χ1n) is 10.7. The zero-order valence-electron chi connectivity index (χ0n) is 20.0. The van der Waals surface area contributed by atoms with E-state index >= 15 is 0 Å². The van der Waals surface area contributed by atoms with Crippen LogP contribution in [-0.2, 0) is 19.7 Å². The fraction of sp³-hybridized carbons (Fsp3) is 0.250. The van der Waals surface area contributed by atoms with Crippen molar-refractivity contribution in [3.05, 3.63) is 57.6 Å². The van der Waals surface area contributed by atoms with Crippen LogP contribution in [0.15, 0.2) is 67.4 Å². The van der Waals surface area contributed by atoms with Crippen LogP contribution in [0.2, 0.25) is 0 Å². The summed E-state index contributed by atoms with van der Waals surface area (Å²) in [5.74, 6) is 0.881. The lowest BCUT2D eigenvalue weighted by Crippen LogP contribution is -2.18. The maximum atomic E-state index is 12.4. The Bertz CT molecular complexity index is 1580. The highest BCUT2D eigenvalue weighted by Gasteiger charge is 2.33. The Morgan fingerprint density at radius 3 is 1.72 bits per heavy atom. The van der Waals surface area contributed by atoms with Gasteiger partial charge in [-0.2, -0.15) is 10.5 Å². The van der Waals surface area contributed by atoms with Crippen molar-refractivity contribution in [3.8, 4) is 23.6 Å². The summed E-state index contributed by atoms with van der Waals surface area (Å²) in [6.45, 7) is 3.49. The number of sulfone groups is 2. The van der Waals surface area contributed by atoms with Crippen molar-refractivity contribution < 1.29 is 26.3 Å². The molecule has 0 radical (unpaired) electrons. The lowest BCUT2D eigenvalue weighted by Gasteiger charge is -2.21. The Balaban J connectivity index is 0.000000202. The number of methoxy groups -OCH3 is 2. The highest BCUT2D eigenvalue weighted by molar-refractivity contribution is 7.96.